The highest BCUT2D eigenvalue weighted by Crippen LogP contribution is 2.23. The molecule has 0 radical (unpaired) electrons. The molecular formula is C13H14N2OS. The number of aldehydes is 1. The monoisotopic (exact) mass is 246 g/mol. The summed E-state index contributed by atoms with van der Waals surface area (Å²) in [7, 11) is 1.83. The fraction of sp³-hybridized carbons (Fsp3) is 0.154. The van der Waals surface area contributed by atoms with E-state index in [4.69, 9.17) is 0 Å². The first-order valence-corrected chi connectivity index (χ1v) is 6.17. The summed E-state index contributed by atoms with van der Waals surface area (Å²) in [5.41, 5.74) is 3.70. The summed E-state index contributed by atoms with van der Waals surface area (Å²) in [6, 6.07) is 8.01. The number of allylic oxidation sites excluding steroid dienone is 1. The van der Waals surface area contributed by atoms with Crippen molar-refractivity contribution in [2.75, 3.05) is 7.05 Å². The molecule has 0 fully saturated rings. The molecule has 0 aliphatic rings. The Labute approximate surface area is 105 Å². The van der Waals surface area contributed by atoms with Crippen molar-refractivity contribution in [3.8, 4) is 0 Å². The van der Waals surface area contributed by atoms with Crippen LogP contribution in [0.5, 0.6) is 0 Å². The lowest BCUT2D eigenvalue weighted by Crippen LogP contribution is -2.13. The van der Waals surface area contributed by atoms with Crippen LogP contribution in [0.25, 0.3) is 11.4 Å². The molecule has 0 spiro atoms. The van der Waals surface area contributed by atoms with Crippen molar-refractivity contribution in [1.82, 2.24) is 9.27 Å². The number of nitrogens with one attached hydrogen (secondary N) is 1. The van der Waals surface area contributed by atoms with Crippen LogP contribution in [0.2, 0.25) is 0 Å². The largest absolute Gasteiger partial charge is 0.386 e. The zero-order valence-corrected chi connectivity index (χ0v) is 10.6. The normalized spacial score (nSPS) is 12.1. The SMILES string of the molecule is CN/C(=C(/C=O)n1ccs1)c1ccccc1C. The van der Waals surface area contributed by atoms with E-state index in [2.05, 4.69) is 5.32 Å². The minimum atomic E-state index is 0.648. The molecule has 1 aromatic carbocycles. The van der Waals surface area contributed by atoms with Crippen molar-refractivity contribution in [3.63, 3.8) is 0 Å². The van der Waals surface area contributed by atoms with Crippen molar-refractivity contribution in [2.45, 2.75) is 6.92 Å². The van der Waals surface area contributed by atoms with Gasteiger partial charge in [0.25, 0.3) is 0 Å². The summed E-state index contributed by atoms with van der Waals surface area (Å²) in [5, 5.41) is 5.06. The summed E-state index contributed by atoms with van der Waals surface area (Å²) >= 11 is 1.51. The zero-order valence-electron chi connectivity index (χ0n) is 9.81. The molecule has 17 heavy (non-hydrogen) atoms. The highest BCUT2D eigenvalue weighted by molar-refractivity contribution is 7.06. The maximum absolute atomic E-state index is 11.2. The third kappa shape index (κ3) is 2.17. The fourth-order valence-electron chi connectivity index (χ4n) is 1.73. The van der Waals surface area contributed by atoms with Crippen LogP contribution in [0.3, 0.4) is 0 Å². The molecule has 0 atom stereocenters. The van der Waals surface area contributed by atoms with Crippen molar-refractivity contribution in [2.24, 2.45) is 0 Å². The molecule has 0 bridgehead atoms. The van der Waals surface area contributed by atoms with Crippen LogP contribution in [0.1, 0.15) is 11.1 Å². The third-order valence-corrected chi connectivity index (χ3v) is 3.43. The van der Waals surface area contributed by atoms with E-state index in [-0.39, 0.29) is 0 Å². The molecule has 0 aliphatic carbocycles. The number of aryl methyl sites for hydroxylation is 1. The second-order valence-electron chi connectivity index (χ2n) is 3.66. The van der Waals surface area contributed by atoms with Gasteiger partial charge in [-0.1, -0.05) is 35.8 Å². The lowest BCUT2D eigenvalue weighted by atomic mass is 10.0. The average molecular weight is 246 g/mol. The molecule has 0 saturated carbocycles. The van der Waals surface area contributed by atoms with Crippen LogP contribution in [0.4, 0.5) is 0 Å². The van der Waals surface area contributed by atoms with Gasteiger partial charge in [0, 0.05) is 24.2 Å². The first-order chi connectivity index (χ1) is 8.27. The smallest absolute Gasteiger partial charge is 0.169 e. The number of benzene rings is 1. The van der Waals surface area contributed by atoms with E-state index in [1.54, 1.807) is 0 Å². The van der Waals surface area contributed by atoms with Crippen LogP contribution >= 0.6 is 11.5 Å². The maximum atomic E-state index is 11.2. The molecule has 88 valence electrons. The molecule has 0 aliphatic heterocycles. The Hall–Kier alpha value is -1.81. The predicted octanol–water partition coefficient (Wildman–Crippen LogP) is 2.60. The van der Waals surface area contributed by atoms with Crippen LogP contribution in [0.15, 0.2) is 35.8 Å². The van der Waals surface area contributed by atoms with E-state index >= 15 is 0 Å². The molecule has 2 rings (SSSR count). The summed E-state index contributed by atoms with van der Waals surface area (Å²) in [4.78, 5) is 11.2. The number of hydrogen-bond donors (Lipinski definition) is 1. The van der Waals surface area contributed by atoms with E-state index < -0.39 is 0 Å². The summed E-state index contributed by atoms with van der Waals surface area (Å²) < 4.78 is 1.85. The van der Waals surface area contributed by atoms with E-state index in [0.29, 0.717) is 5.70 Å². The highest BCUT2D eigenvalue weighted by Gasteiger charge is 2.11. The highest BCUT2D eigenvalue weighted by atomic mass is 32.1. The topological polar surface area (TPSA) is 34.0 Å². The lowest BCUT2D eigenvalue weighted by Gasteiger charge is -2.15. The van der Waals surface area contributed by atoms with Crippen LogP contribution in [-0.2, 0) is 4.79 Å². The van der Waals surface area contributed by atoms with Gasteiger partial charge in [0.2, 0.25) is 0 Å². The molecule has 3 nitrogen and oxygen atoms in total. The van der Waals surface area contributed by atoms with E-state index in [9.17, 15) is 4.79 Å². The fourth-order valence-corrected chi connectivity index (χ4v) is 2.23. The predicted molar refractivity (Wildman–Crippen MR) is 71.7 cm³/mol. The first-order valence-electron chi connectivity index (χ1n) is 5.34. The number of carbonyl (C=O) groups excluding carboxylic acids is 1. The molecule has 1 N–H and O–H groups in total. The summed E-state index contributed by atoms with van der Waals surface area (Å²) in [5.74, 6) is 0. The van der Waals surface area contributed by atoms with Crippen molar-refractivity contribution < 1.29 is 4.79 Å². The van der Waals surface area contributed by atoms with E-state index in [0.717, 1.165) is 23.1 Å². The minimum absolute atomic E-state index is 0.648. The molecule has 0 saturated heterocycles. The van der Waals surface area contributed by atoms with Gasteiger partial charge in [-0.25, -0.2) is 0 Å². The van der Waals surface area contributed by atoms with E-state index in [1.807, 2.05) is 53.8 Å². The Morgan fingerprint density at radius 2 is 2.12 bits per heavy atom. The van der Waals surface area contributed by atoms with Gasteiger partial charge in [0.1, 0.15) is 5.70 Å². The number of hydrogen-bond acceptors (Lipinski definition) is 3. The van der Waals surface area contributed by atoms with Gasteiger partial charge in [0.05, 0.1) is 5.70 Å². The summed E-state index contributed by atoms with van der Waals surface area (Å²) in [6.07, 6.45) is 2.76. The third-order valence-electron chi connectivity index (χ3n) is 2.64. The molecule has 1 aromatic heterocycles. The number of nitrogens with zero attached hydrogens (tertiary/aromatic N) is 1. The van der Waals surface area contributed by atoms with Gasteiger partial charge in [-0.15, -0.1) is 0 Å². The van der Waals surface area contributed by atoms with Crippen molar-refractivity contribution in [1.29, 1.82) is 0 Å². The average Bonchev–Trinajstić information content (AvgIpc) is 2.28. The Morgan fingerprint density at radius 3 is 2.59 bits per heavy atom. The van der Waals surface area contributed by atoms with Crippen LogP contribution in [-0.4, -0.2) is 17.3 Å². The Morgan fingerprint density at radius 1 is 1.41 bits per heavy atom. The Bertz CT molecular complexity index is 542. The van der Waals surface area contributed by atoms with Gasteiger partial charge in [0.15, 0.2) is 6.29 Å². The molecule has 0 amide bonds. The number of rotatable bonds is 4. The number of carbonyl (C=O) groups is 1. The maximum Gasteiger partial charge on any atom is 0.169 e. The molecule has 1 heterocycles. The van der Waals surface area contributed by atoms with Gasteiger partial charge < -0.3 is 5.32 Å². The molecule has 4 heteroatoms. The Kier molecular flexibility index (Phi) is 3.44. The molecule has 2 aromatic rings. The second kappa shape index (κ2) is 5.01. The number of aromatic nitrogens is 1. The van der Waals surface area contributed by atoms with Crippen LogP contribution < -0.4 is 5.32 Å². The second-order valence-corrected chi connectivity index (χ2v) is 4.54. The first kappa shape index (κ1) is 11.7. The van der Waals surface area contributed by atoms with Crippen molar-refractivity contribution in [3.05, 3.63) is 47.0 Å². The molecule has 0 unspecified atom stereocenters. The van der Waals surface area contributed by atoms with Crippen molar-refractivity contribution >= 4 is 29.2 Å². The minimum Gasteiger partial charge on any atom is -0.386 e. The van der Waals surface area contributed by atoms with Gasteiger partial charge in [-0.3, -0.25) is 8.75 Å². The van der Waals surface area contributed by atoms with Gasteiger partial charge in [-0.05, 0) is 12.5 Å². The molecular weight excluding hydrogens is 232 g/mol. The lowest BCUT2D eigenvalue weighted by molar-refractivity contribution is -0.103. The van der Waals surface area contributed by atoms with Gasteiger partial charge >= 0.3 is 0 Å². The standard InChI is InChI=1S/C13H14N2OS/c1-10-5-3-4-6-11(10)13(14-2)12(9-16)15-7-8-17-15/h3-9,14H,1-2H3/b13-12-. The van der Waals surface area contributed by atoms with Crippen LogP contribution in [0, 0.1) is 6.92 Å². The zero-order chi connectivity index (χ0) is 12.3. The van der Waals surface area contributed by atoms with E-state index in [1.165, 1.54) is 11.5 Å². The summed E-state index contributed by atoms with van der Waals surface area (Å²) in [6.45, 7) is 2.04. The quantitative estimate of drug-likeness (QED) is 0.664. The van der Waals surface area contributed by atoms with Gasteiger partial charge in [-0.2, -0.15) is 0 Å². The Balaban J connectivity index is 2.58.